The number of hydrogen-bond acceptors (Lipinski definition) is 4. The van der Waals surface area contributed by atoms with Crippen LogP contribution in [0.25, 0.3) is 16.7 Å². The molecule has 0 saturated carbocycles. The average molecular weight is 432 g/mol. The predicted molar refractivity (Wildman–Crippen MR) is 124 cm³/mol. The maximum Gasteiger partial charge on any atom is 0.336 e. The molecule has 1 N–H and O–H groups in total. The number of methoxy groups -OCH3 is 1. The number of hydrogen-bond donors (Lipinski definition) is 1. The van der Waals surface area contributed by atoms with E-state index >= 15 is 0 Å². The summed E-state index contributed by atoms with van der Waals surface area (Å²) in [6, 6.07) is 15.8. The number of carbonyl (C=O) groups excluding carboxylic acids is 1. The summed E-state index contributed by atoms with van der Waals surface area (Å²) < 4.78 is 9.31. The highest BCUT2D eigenvalue weighted by molar-refractivity contribution is 5.91. The fraction of sp³-hybridized carbons (Fsp3) is 0.208. The van der Waals surface area contributed by atoms with Crippen LogP contribution in [0.5, 0.6) is 5.75 Å². The molecule has 2 aromatic heterocycles. The van der Waals surface area contributed by atoms with Crippen molar-refractivity contribution in [1.82, 2.24) is 13.7 Å². The van der Waals surface area contributed by atoms with Crippen molar-refractivity contribution < 1.29 is 9.53 Å². The average Bonchev–Trinajstić information content (AvgIpc) is 3.07. The molecule has 2 heterocycles. The van der Waals surface area contributed by atoms with Crippen molar-refractivity contribution in [3.8, 4) is 11.4 Å². The predicted octanol–water partition coefficient (Wildman–Crippen LogP) is 2.76. The van der Waals surface area contributed by atoms with Gasteiger partial charge in [0, 0.05) is 18.4 Å². The van der Waals surface area contributed by atoms with Gasteiger partial charge in [0.2, 0.25) is 5.91 Å². The van der Waals surface area contributed by atoms with Gasteiger partial charge in [-0.25, -0.2) is 9.36 Å². The summed E-state index contributed by atoms with van der Waals surface area (Å²) in [6.45, 7) is 3.54. The first kappa shape index (κ1) is 21.2. The maximum atomic E-state index is 13.4. The van der Waals surface area contributed by atoms with Crippen LogP contribution in [0.3, 0.4) is 0 Å². The minimum atomic E-state index is -0.568. The molecular formula is C24H24N4O4. The zero-order valence-electron chi connectivity index (χ0n) is 18.4. The molecule has 4 rings (SSSR count). The summed E-state index contributed by atoms with van der Waals surface area (Å²) in [7, 11) is 3.33. The fourth-order valence-electron chi connectivity index (χ4n) is 3.68. The van der Waals surface area contributed by atoms with Gasteiger partial charge < -0.3 is 14.6 Å². The Morgan fingerprint density at radius 1 is 1.00 bits per heavy atom. The zero-order chi connectivity index (χ0) is 23.0. The molecule has 0 aliphatic rings. The number of benzene rings is 2. The van der Waals surface area contributed by atoms with E-state index in [1.807, 2.05) is 26.0 Å². The molecular weight excluding hydrogens is 408 g/mol. The summed E-state index contributed by atoms with van der Waals surface area (Å²) in [4.78, 5) is 39.5. The second-order valence-corrected chi connectivity index (χ2v) is 7.70. The molecule has 8 heteroatoms. The van der Waals surface area contributed by atoms with Crippen molar-refractivity contribution in [2.75, 3.05) is 12.4 Å². The Balaban J connectivity index is 1.81. The molecule has 0 spiro atoms. The van der Waals surface area contributed by atoms with Crippen molar-refractivity contribution >= 4 is 22.6 Å². The molecule has 2 aromatic carbocycles. The van der Waals surface area contributed by atoms with Crippen LogP contribution in [0.2, 0.25) is 0 Å². The van der Waals surface area contributed by atoms with Crippen molar-refractivity contribution in [1.29, 1.82) is 0 Å². The number of aromatic nitrogens is 3. The lowest BCUT2D eigenvalue weighted by molar-refractivity contribution is -0.116. The number of anilines is 1. The molecule has 0 aliphatic heterocycles. The van der Waals surface area contributed by atoms with Gasteiger partial charge in [-0.05, 0) is 56.3 Å². The van der Waals surface area contributed by atoms with E-state index in [1.54, 1.807) is 61.2 Å². The van der Waals surface area contributed by atoms with Crippen molar-refractivity contribution in [2.45, 2.75) is 20.4 Å². The largest absolute Gasteiger partial charge is 0.497 e. The number of amides is 1. The normalized spacial score (nSPS) is 11.0. The van der Waals surface area contributed by atoms with E-state index in [1.165, 1.54) is 4.57 Å². The van der Waals surface area contributed by atoms with Crippen LogP contribution < -0.4 is 21.3 Å². The molecule has 0 saturated heterocycles. The van der Waals surface area contributed by atoms with Gasteiger partial charge in [0.1, 0.15) is 17.8 Å². The number of aryl methyl sites for hydroxylation is 3. The first-order valence-electron chi connectivity index (χ1n) is 10.1. The summed E-state index contributed by atoms with van der Waals surface area (Å²) in [5.74, 6) is 0.292. The number of carbonyl (C=O) groups is 1. The van der Waals surface area contributed by atoms with Crippen molar-refractivity contribution in [2.24, 2.45) is 7.05 Å². The molecule has 32 heavy (non-hydrogen) atoms. The molecule has 0 unspecified atom stereocenters. The summed E-state index contributed by atoms with van der Waals surface area (Å²) >= 11 is 0. The van der Waals surface area contributed by atoms with E-state index in [0.717, 1.165) is 15.8 Å². The Morgan fingerprint density at radius 2 is 1.66 bits per heavy atom. The van der Waals surface area contributed by atoms with Gasteiger partial charge in [-0.1, -0.05) is 17.7 Å². The van der Waals surface area contributed by atoms with E-state index < -0.39 is 11.2 Å². The second kappa shape index (κ2) is 8.22. The highest BCUT2D eigenvalue weighted by Crippen LogP contribution is 2.17. The lowest BCUT2D eigenvalue weighted by Crippen LogP contribution is -2.41. The van der Waals surface area contributed by atoms with Gasteiger partial charge in [0.05, 0.1) is 18.3 Å². The lowest BCUT2D eigenvalue weighted by atomic mass is 10.2. The first-order valence-corrected chi connectivity index (χ1v) is 10.1. The topological polar surface area (TPSA) is 87.3 Å². The van der Waals surface area contributed by atoms with Crippen LogP contribution >= 0.6 is 0 Å². The fourth-order valence-corrected chi connectivity index (χ4v) is 3.68. The summed E-state index contributed by atoms with van der Waals surface area (Å²) in [5.41, 5.74) is 2.65. The summed E-state index contributed by atoms with van der Waals surface area (Å²) in [6.07, 6.45) is 0. The van der Waals surface area contributed by atoms with E-state index in [0.29, 0.717) is 28.2 Å². The molecule has 0 bridgehead atoms. The molecule has 4 aromatic rings. The third kappa shape index (κ3) is 3.71. The number of fused-ring (bicyclic) bond motifs is 1. The lowest BCUT2D eigenvalue weighted by Gasteiger charge is -2.13. The molecule has 0 aliphatic carbocycles. The molecule has 0 fully saturated rings. The number of nitrogens with zero attached hydrogens (tertiary/aromatic N) is 3. The van der Waals surface area contributed by atoms with E-state index in [9.17, 15) is 14.4 Å². The second-order valence-electron chi connectivity index (χ2n) is 7.70. The minimum absolute atomic E-state index is 0.239. The third-order valence-electron chi connectivity index (χ3n) is 5.54. The van der Waals surface area contributed by atoms with Gasteiger partial charge in [0.25, 0.3) is 5.56 Å². The zero-order valence-corrected chi connectivity index (χ0v) is 18.4. The number of nitrogens with one attached hydrogen (secondary N) is 1. The van der Waals surface area contributed by atoms with E-state index in [4.69, 9.17) is 4.74 Å². The van der Waals surface area contributed by atoms with Crippen LogP contribution in [0.4, 0.5) is 5.69 Å². The van der Waals surface area contributed by atoms with E-state index in [2.05, 4.69) is 5.32 Å². The highest BCUT2D eigenvalue weighted by atomic mass is 16.5. The maximum absolute atomic E-state index is 13.4. The Labute approximate surface area is 184 Å². The van der Waals surface area contributed by atoms with Crippen molar-refractivity contribution in [3.63, 3.8) is 0 Å². The Morgan fingerprint density at radius 3 is 2.28 bits per heavy atom. The monoisotopic (exact) mass is 432 g/mol. The smallest absolute Gasteiger partial charge is 0.336 e. The third-order valence-corrected chi connectivity index (χ3v) is 5.54. The van der Waals surface area contributed by atoms with E-state index in [-0.39, 0.29) is 12.5 Å². The highest BCUT2D eigenvalue weighted by Gasteiger charge is 2.20. The van der Waals surface area contributed by atoms with Crippen LogP contribution in [0.15, 0.2) is 64.2 Å². The molecule has 8 nitrogen and oxygen atoms in total. The molecule has 0 radical (unpaired) electrons. The molecule has 1 amide bonds. The van der Waals surface area contributed by atoms with Crippen LogP contribution in [-0.4, -0.2) is 26.7 Å². The quantitative estimate of drug-likeness (QED) is 0.525. The first-order chi connectivity index (χ1) is 15.3. The van der Waals surface area contributed by atoms with Crippen LogP contribution in [0, 0.1) is 13.8 Å². The van der Waals surface area contributed by atoms with Gasteiger partial charge in [-0.15, -0.1) is 0 Å². The minimum Gasteiger partial charge on any atom is -0.497 e. The number of ether oxygens (including phenoxy) is 1. The molecule has 164 valence electrons. The summed E-state index contributed by atoms with van der Waals surface area (Å²) in [5, 5.41) is 2.79. The number of rotatable bonds is 5. The van der Waals surface area contributed by atoms with Gasteiger partial charge in [0.15, 0.2) is 0 Å². The van der Waals surface area contributed by atoms with Gasteiger partial charge in [-0.3, -0.25) is 14.2 Å². The van der Waals surface area contributed by atoms with Gasteiger partial charge in [-0.2, -0.15) is 0 Å². The Hall–Kier alpha value is -4.07. The van der Waals surface area contributed by atoms with Crippen LogP contribution in [0.1, 0.15) is 11.3 Å². The van der Waals surface area contributed by atoms with Crippen molar-refractivity contribution in [3.05, 3.63) is 86.7 Å². The van der Waals surface area contributed by atoms with Gasteiger partial charge >= 0.3 is 5.69 Å². The Bertz CT molecular complexity index is 1420. The Kier molecular flexibility index (Phi) is 5.44. The SMILES string of the molecule is COc1ccc(NC(=O)Cn2c(=O)n(-c3ccc(C)cc3)c(=O)c3c2cc(C)n3C)cc1. The standard InChI is InChI=1S/C24H24N4O4/c1-15-5-9-18(10-6-15)28-23(30)22-20(13-16(2)26(22)3)27(24(28)31)14-21(29)25-17-7-11-19(32-4)12-8-17/h5-13H,14H2,1-4H3,(H,25,29). The molecule has 0 atom stereocenters. The van der Waals surface area contributed by atoms with Crippen LogP contribution in [-0.2, 0) is 18.4 Å².